The molecule has 1 N–H and O–H groups in total. The molecule has 0 radical (unpaired) electrons. The molecule has 8 heteroatoms. The molecule has 114 valence electrons. The van der Waals surface area contributed by atoms with Gasteiger partial charge in [-0.1, -0.05) is 12.1 Å². The third kappa shape index (κ3) is 3.98. The number of nitrogens with zero attached hydrogens (tertiary/aromatic N) is 2. The average molecular weight is 305 g/mol. The van der Waals surface area contributed by atoms with Gasteiger partial charge in [0.15, 0.2) is 0 Å². The number of halogens is 1. The molecule has 1 aromatic heterocycles. The Labute approximate surface area is 124 Å². The molecule has 0 bridgehead atoms. The van der Waals surface area contributed by atoms with Crippen molar-refractivity contribution < 1.29 is 14.1 Å². The molecule has 2 aromatic rings. The van der Waals surface area contributed by atoms with E-state index >= 15 is 0 Å². The fourth-order valence-corrected chi connectivity index (χ4v) is 1.76. The van der Waals surface area contributed by atoms with Crippen LogP contribution in [0.3, 0.4) is 0 Å². The van der Waals surface area contributed by atoms with E-state index in [1.165, 1.54) is 24.3 Å². The van der Waals surface area contributed by atoms with Crippen LogP contribution in [0, 0.1) is 15.9 Å². The number of pyridine rings is 1. The van der Waals surface area contributed by atoms with Gasteiger partial charge in [0.1, 0.15) is 12.4 Å². The summed E-state index contributed by atoms with van der Waals surface area (Å²) in [4.78, 5) is 33.3. The second-order valence-electron chi connectivity index (χ2n) is 4.51. The van der Waals surface area contributed by atoms with Crippen LogP contribution >= 0.6 is 0 Å². The smallest absolute Gasteiger partial charge is 0.285 e. The molecule has 0 aliphatic rings. The predicted molar refractivity (Wildman–Crippen MR) is 75.6 cm³/mol. The SMILES string of the molecule is O=C(Cn1cc([N+](=O)[O-])ccc1=O)NCc1ccc(F)cc1. The zero-order valence-electron chi connectivity index (χ0n) is 11.4. The van der Waals surface area contributed by atoms with Crippen LogP contribution in [0.15, 0.2) is 47.4 Å². The van der Waals surface area contributed by atoms with Crippen molar-refractivity contribution in [2.45, 2.75) is 13.1 Å². The predicted octanol–water partition coefficient (Wildman–Crippen LogP) is 1.21. The van der Waals surface area contributed by atoms with E-state index in [4.69, 9.17) is 0 Å². The third-order valence-electron chi connectivity index (χ3n) is 2.90. The Morgan fingerprint density at radius 1 is 1.23 bits per heavy atom. The highest BCUT2D eigenvalue weighted by Gasteiger charge is 2.10. The molecule has 1 aromatic carbocycles. The molecule has 0 aliphatic carbocycles. The van der Waals surface area contributed by atoms with Gasteiger partial charge < -0.3 is 5.32 Å². The molecular formula is C14H12FN3O4. The number of amides is 1. The van der Waals surface area contributed by atoms with Crippen molar-refractivity contribution in [2.24, 2.45) is 0 Å². The number of hydrogen-bond donors (Lipinski definition) is 1. The molecule has 0 saturated carbocycles. The molecule has 0 saturated heterocycles. The maximum atomic E-state index is 12.7. The summed E-state index contributed by atoms with van der Waals surface area (Å²) < 4.78 is 13.7. The molecular weight excluding hydrogens is 293 g/mol. The summed E-state index contributed by atoms with van der Waals surface area (Å²) in [5.41, 5.74) is -0.0883. The number of benzene rings is 1. The van der Waals surface area contributed by atoms with Gasteiger partial charge in [-0.3, -0.25) is 24.3 Å². The first kappa shape index (κ1) is 15.4. The Morgan fingerprint density at radius 2 is 1.91 bits per heavy atom. The minimum atomic E-state index is -0.646. The van der Waals surface area contributed by atoms with Crippen LogP contribution in [0.4, 0.5) is 10.1 Å². The summed E-state index contributed by atoms with van der Waals surface area (Å²) in [5, 5.41) is 13.2. The first-order chi connectivity index (χ1) is 10.5. The van der Waals surface area contributed by atoms with E-state index in [0.717, 1.165) is 22.9 Å². The lowest BCUT2D eigenvalue weighted by atomic mass is 10.2. The zero-order chi connectivity index (χ0) is 16.1. The highest BCUT2D eigenvalue weighted by atomic mass is 19.1. The Balaban J connectivity index is 2.00. The van der Waals surface area contributed by atoms with E-state index in [1.54, 1.807) is 0 Å². The lowest BCUT2D eigenvalue weighted by Gasteiger charge is -2.07. The normalized spacial score (nSPS) is 10.2. The highest BCUT2D eigenvalue weighted by Crippen LogP contribution is 2.06. The van der Waals surface area contributed by atoms with Gasteiger partial charge in [-0.25, -0.2) is 4.39 Å². The van der Waals surface area contributed by atoms with Gasteiger partial charge in [0.2, 0.25) is 5.91 Å². The number of carbonyl (C=O) groups excluding carboxylic acids is 1. The van der Waals surface area contributed by atoms with Crippen molar-refractivity contribution in [1.29, 1.82) is 0 Å². The Morgan fingerprint density at radius 3 is 2.55 bits per heavy atom. The molecule has 0 aliphatic heterocycles. The average Bonchev–Trinajstić information content (AvgIpc) is 2.48. The molecule has 0 atom stereocenters. The monoisotopic (exact) mass is 305 g/mol. The topological polar surface area (TPSA) is 94.2 Å². The molecule has 22 heavy (non-hydrogen) atoms. The number of nitro groups is 1. The van der Waals surface area contributed by atoms with Gasteiger partial charge in [0.25, 0.3) is 11.2 Å². The molecule has 0 fully saturated rings. The maximum Gasteiger partial charge on any atom is 0.285 e. The Kier molecular flexibility index (Phi) is 4.62. The summed E-state index contributed by atoms with van der Waals surface area (Å²) in [6, 6.07) is 7.70. The number of rotatable bonds is 5. The van der Waals surface area contributed by atoms with Crippen molar-refractivity contribution in [1.82, 2.24) is 9.88 Å². The van der Waals surface area contributed by atoms with E-state index < -0.39 is 16.4 Å². The van der Waals surface area contributed by atoms with Crippen LogP contribution in [-0.2, 0) is 17.9 Å². The van der Waals surface area contributed by atoms with E-state index in [-0.39, 0.29) is 24.6 Å². The second kappa shape index (κ2) is 6.61. The zero-order valence-corrected chi connectivity index (χ0v) is 11.4. The van der Waals surface area contributed by atoms with Crippen molar-refractivity contribution in [3.8, 4) is 0 Å². The minimum Gasteiger partial charge on any atom is -0.350 e. The van der Waals surface area contributed by atoms with Crippen molar-refractivity contribution in [2.75, 3.05) is 0 Å². The standard InChI is InChI=1S/C14H12FN3O4/c15-11-3-1-10(2-4-11)7-16-13(19)9-17-8-12(18(21)22)5-6-14(17)20/h1-6,8H,7,9H2,(H,16,19). The number of carbonyl (C=O) groups is 1. The van der Waals surface area contributed by atoms with Gasteiger partial charge in [-0.05, 0) is 17.7 Å². The largest absolute Gasteiger partial charge is 0.350 e. The van der Waals surface area contributed by atoms with Crippen LogP contribution in [0.2, 0.25) is 0 Å². The fourth-order valence-electron chi connectivity index (χ4n) is 1.76. The Bertz CT molecular complexity index is 755. The van der Waals surface area contributed by atoms with Crippen LogP contribution in [-0.4, -0.2) is 15.4 Å². The fraction of sp³-hybridized carbons (Fsp3) is 0.143. The molecule has 2 rings (SSSR count). The summed E-state index contributed by atoms with van der Waals surface area (Å²) in [5.74, 6) is -0.856. The first-order valence-corrected chi connectivity index (χ1v) is 6.32. The van der Waals surface area contributed by atoms with E-state index in [1.807, 2.05) is 0 Å². The second-order valence-corrected chi connectivity index (χ2v) is 4.51. The molecule has 1 heterocycles. The van der Waals surface area contributed by atoms with Crippen LogP contribution < -0.4 is 10.9 Å². The van der Waals surface area contributed by atoms with Crippen LogP contribution in [0.1, 0.15) is 5.56 Å². The van der Waals surface area contributed by atoms with Crippen LogP contribution in [0.5, 0.6) is 0 Å². The molecule has 0 spiro atoms. The van der Waals surface area contributed by atoms with Gasteiger partial charge in [0, 0.05) is 18.7 Å². The third-order valence-corrected chi connectivity index (χ3v) is 2.90. The number of aromatic nitrogens is 1. The Hall–Kier alpha value is -3.03. The lowest BCUT2D eigenvalue weighted by molar-refractivity contribution is -0.385. The van der Waals surface area contributed by atoms with E-state index in [2.05, 4.69) is 5.32 Å². The van der Waals surface area contributed by atoms with Gasteiger partial charge in [-0.15, -0.1) is 0 Å². The molecule has 0 unspecified atom stereocenters. The number of hydrogen-bond acceptors (Lipinski definition) is 4. The summed E-state index contributed by atoms with van der Waals surface area (Å²) in [7, 11) is 0. The summed E-state index contributed by atoms with van der Waals surface area (Å²) >= 11 is 0. The van der Waals surface area contributed by atoms with Gasteiger partial charge in [-0.2, -0.15) is 0 Å². The van der Waals surface area contributed by atoms with Crippen molar-refractivity contribution in [3.05, 3.63) is 74.4 Å². The van der Waals surface area contributed by atoms with Crippen LogP contribution in [0.25, 0.3) is 0 Å². The van der Waals surface area contributed by atoms with E-state index in [0.29, 0.717) is 5.56 Å². The highest BCUT2D eigenvalue weighted by molar-refractivity contribution is 5.75. The summed E-state index contributed by atoms with van der Waals surface area (Å²) in [6.07, 6.45) is 1.01. The molecule has 1 amide bonds. The van der Waals surface area contributed by atoms with Gasteiger partial charge in [0.05, 0.1) is 11.1 Å². The lowest BCUT2D eigenvalue weighted by Crippen LogP contribution is -2.31. The maximum absolute atomic E-state index is 12.7. The van der Waals surface area contributed by atoms with Crippen molar-refractivity contribution >= 4 is 11.6 Å². The summed E-state index contributed by atoms with van der Waals surface area (Å²) in [6.45, 7) is -0.162. The van der Waals surface area contributed by atoms with E-state index in [9.17, 15) is 24.1 Å². The number of nitrogens with one attached hydrogen (secondary N) is 1. The van der Waals surface area contributed by atoms with Gasteiger partial charge >= 0.3 is 0 Å². The van der Waals surface area contributed by atoms with Crippen molar-refractivity contribution in [3.63, 3.8) is 0 Å². The quantitative estimate of drug-likeness (QED) is 0.663. The first-order valence-electron chi connectivity index (χ1n) is 6.32. The molecule has 7 nitrogen and oxygen atoms in total. The minimum absolute atomic E-state index is 0.169.